The van der Waals surface area contributed by atoms with Crippen molar-refractivity contribution in [2.24, 2.45) is 0 Å². The summed E-state index contributed by atoms with van der Waals surface area (Å²) >= 11 is 0. The van der Waals surface area contributed by atoms with Gasteiger partial charge in [0.1, 0.15) is 29.6 Å². The Morgan fingerprint density at radius 3 is 2.42 bits per heavy atom. The molecule has 0 spiro atoms. The molecule has 9 nitrogen and oxygen atoms in total. The van der Waals surface area contributed by atoms with Gasteiger partial charge < -0.3 is 14.8 Å². The second-order valence-corrected chi connectivity index (χ2v) is 9.05. The highest BCUT2D eigenvalue weighted by molar-refractivity contribution is 6.02. The number of benzene rings is 4. The van der Waals surface area contributed by atoms with Gasteiger partial charge in [-0.05, 0) is 47.5 Å². The highest BCUT2D eigenvalue weighted by atomic mass is 16.5. The molecule has 1 aromatic heterocycles. The van der Waals surface area contributed by atoms with Gasteiger partial charge in [0, 0.05) is 6.54 Å². The minimum absolute atomic E-state index is 0.148. The van der Waals surface area contributed by atoms with Crippen LogP contribution in [0.4, 0.5) is 5.69 Å². The normalized spacial score (nSPS) is 11.6. The fourth-order valence-electron chi connectivity index (χ4n) is 4.60. The summed E-state index contributed by atoms with van der Waals surface area (Å²) in [6.45, 7) is 0.146. The van der Waals surface area contributed by atoms with Gasteiger partial charge >= 0.3 is 0 Å². The monoisotopic (exact) mass is 535 g/mol. The number of hydrogen-bond donors (Lipinski definition) is 1. The number of amides is 2. The van der Waals surface area contributed by atoms with Crippen molar-refractivity contribution in [2.45, 2.75) is 19.1 Å². The van der Waals surface area contributed by atoms with E-state index in [1.165, 1.54) is 16.7 Å². The standard InChI is InChI=1S/C31H29N5O4/c1-39-24-14-10-13-23(19-24)30(31(38)32-20-22-11-4-3-5-12-22)36(27-17-8-9-18-28(27)40-2)29(37)21-35-26-16-7-6-15-25(26)33-34-35/h3-19,30H,20-21H2,1-2H3,(H,32,38). The third-order valence-electron chi connectivity index (χ3n) is 6.54. The van der Waals surface area contributed by atoms with Crippen molar-refractivity contribution < 1.29 is 19.1 Å². The zero-order valence-electron chi connectivity index (χ0n) is 22.2. The molecule has 1 unspecified atom stereocenters. The first-order valence-electron chi connectivity index (χ1n) is 12.8. The number of nitrogens with zero attached hydrogens (tertiary/aromatic N) is 4. The number of carbonyl (C=O) groups excluding carboxylic acids is 2. The average Bonchev–Trinajstić information content (AvgIpc) is 3.41. The molecule has 4 aromatic carbocycles. The molecule has 0 radical (unpaired) electrons. The molecule has 0 bridgehead atoms. The van der Waals surface area contributed by atoms with E-state index in [0.717, 1.165) is 5.56 Å². The predicted octanol–water partition coefficient (Wildman–Crippen LogP) is 4.54. The molecule has 1 N–H and O–H groups in total. The fraction of sp³-hybridized carbons (Fsp3) is 0.161. The van der Waals surface area contributed by atoms with E-state index in [4.69, 9.17) is 9.47 Å². The van der Waals surface area contributed by atoms with Crippen LogP contribution in [0, 0.1) is 0 Å². The van der Waals surface area contributed by atoms with Crippen LogP contribution in [-0.2, 0) is 22.7 Å². The molecule has 0 fully saturated rings. The molecule has 0 aliphatic carbocycles. The van der Waals surface area contributed by atoms with Crippen LogP contribution in [0.15, 0.2) is 103 Å². The van der Waals surface area contributed by atoms with E-state index in [1.807, 2.05) is 60.7 Å². The van der Waals surface area contributed by atoms with Crippen LogP contribution < -0.4 is 19.7 Å². The number of hydrogen-bond acceptors (Lipinski definition) is 6. The Morgan fingerprint density at radius 1 is 0.875 bits per heavy atom. The summed E-state index contributed by atoms with van der Waals surface area (Å²) in [7, 11) is 3.09. The summed E-state index contributed by atoms with van der Waals surface area (Å²) in [6, 6.07) is 30.2. The third kappa shape index (κ3) is 5.63. The molecule has 2 amide bonds. The smallest absolute Gasteiger partial charge is 0.249 e. The highest BCUT2D eigenvalue weighted by Gasteiger charge is 2.35. The van der Waals surface area contributed by atoms with Crippen molar-refractivity contribution in [3.05, 3.63) is 114 Å². The minimum atomic E-state index is -1.04. The van der Waals surface area contributed by atoms with Gasteiger partial charge in [-0.3, -0.25) is 14.5 Å². The molecular formula is C31H29N5O4. The summed E-state index contributed by atoms with van der Waals surface area (Å²) in [6.07, 6.45) is 0. The number of fused-ring (bicyclic) bond motifs is 1. The molecule has 40 heavy (non-hydrogen) atoms. The number of ether oxygens (including phenoxy) is 2. The predicted molar refractivity (Wildman–Crippen MR) is 152 cm³/mol. The summed E-state index contributed by atoms with van der Waals surface area (Å²) in [5.74, 6) is 0.277. The van der Waals surface area contributed by atoms with Gasteiger partial charge in [0.15, 0.2) is 0 Å². The van der Waals surface area contributed by atoms with Crippen molar-refractivity contribution in [3.8, 4) is 11.5 Å². The molecule has 1 heterocycles. The molecule has 0 saturated heterocycles. The fourth-order valence-corrected chi connectivity index (χ4v) is 4.60. The molecule has 202 valence electrons. The van der Waals surface area contributed by atoms with Crippen LogP contribution in [0.1, 0.15) is 17.2 Å². The summed E-state index contributed by atoms with van der Waals surface area (Å²) in [5, 5.41) is 11.4. The summed E-state index contributed by atoms with van der Waals surface area (Å²) in [4.78, 5) is 29.7. The van der Waals surface area contributed by atoms with Crippen molar-refractivity contribution in [1.29, 1.82) is 0 Å². The second kappa shape index (κ2) is 12.1. The molecule has 9 heteroatoms. The molecule has 5 aromatic rings. The molecule has 1 atom stereocenters. The van der Waals surface area contributed by atoms with Gasteiger partial charge in [-0.25, -0.2) is 4.68 Å². The van der Waals surface area contributed by atoms with Gasteiger partial charge in [0.2, 0.25) is 11.8 Å². The lowest BCUT2D eigenvalue weighted by Gasteiger charge is -2.32. The van der Waals surface area contributed by atoms with Gasteiger partial charge in [-0.15, -0.1) is 5.10 Å². The van der Waals surface area contributed by atoms with E-state index in [9.17, 15) is 9.59 Å². The largest absolute Gasteiger partial charge is 0.497 e. The Hall–Kier alpha value is -5.18. The quantitative estimate of drug-likeness (QED) is 0.282. The van der Waals surface area contributed by atoms with Crippen LogP contribution in [-0.4, -0.2) is 41.0 Å². The van der Waals surface area contributed by atoms with Crippen LogP contribution in [0.5, 0.6) is 11.5 Å². The second-order valence-electron chi connectivity index (χ2n) is 9.05. The lowest BCUT2D eigenvalue weighted by atomic mass is 10.0. The van der Waals surface area contributed by atoms with E-state index in [-0.39, 0.29) is 18.4 Å². The number of rotatable bonds is 10. The van der Waals surface area contributed by atoms with Crippen LogP contribution in [0.25, 0.3) is 11.0 Å². The van der Waals surface area contributed by atoms with E-state index in [2.05, 4.69) is 15.6 Å². The van der Waals surface area contributed by atoms with E-state index in [0.29, 0.717) is 40.3 Å². The summed E-state index contributed by atoms with van der Waals surface area (Å²) in [5.41, 5.74) is 3.34. The lowest BCUT2D eigenvalue weighted by molar-refractivity contribution is -0.127. The first-order valence-corrected chi connectivity index (χ1v) is 12.8. The van der Waals surface area contributed by atoms with Crippen LogP contribution >= 0.6 is 0 Å². The maximum absolute atomic E-state index is 14.2. The number of carbonyl (C=O) groups is 2. The van der Waals surface area contributed by atoms with Crippen LogP contribution in [0.3, 0.4) is 0 Å². The van der Waals surface area contributed by atoms with Crippen LogP contribution in [0.2, 0.25) is 0 Å². The molecule has 0 aliphatic rings. The van der Waals surface area contributed by atoms with Gasteiger partial charge in [-0.1, -0.05) is 71.9 Å². The Balaban J connectivity index is 1.60. The Kier molecular flexibility index (Phi) is 8.01. The zero-order chi connectivity index (χ0) is 27.9. The van der Waals surface area contributed by atoms with E-state index in [1.54, 1.807) is 49.6 Å². The highest BCUT2D eigenvalue weighted by Crippen LogP contribution is 2.36. The van der Waals surface area contributed by atoms with Gasteiger partial charge in [0.05, 0.1) is 25.4 Å². The minimum Gasteiger partial charge on any atom is -0.497 e. The topological polar surface area (TPSA) is 98.6 Å². The van der Waals surface area contributed by atoms with Crippen molar-refractivity contribution >= 4 is 28.5 Å². The van der Waals surface area contributed by atoms with E-state index < -0.39 is 6.04 Å². The Labute approximate surface area is 231 Å². The maximum Gasteiger partial charge on any atom is 0.249 e. The SMILES string of the molecule is COc1cccc(C(C(=O)NCc2ccccc2)N(C(=O)Cn2nnc3ccccc32)c2ccccc2OC)c1. The molecular weight excluding hydrogens is 506 g/mol. The van der Waals surface area contributed by atoms with Crippen molar-refractivity contribution in [3.63, 3.8) is 0 Å². The van der Waals surface area contributed by atoms with Gasteiger partial charge in [0.25, 0.3) is 0 Å². The van der Waals surface area contributed by atoms with E-state index >= 15 is 0 Å². The number of anilines is 1. The number of methoxy groups -OCH3 is 2. The summed E-state index contributed by atoms with van der Waals surface area (Å²) < 4.78 is 12.6. The first-order chi connectivity index (χ1) is 19.6. The first kappa shape index (κ1) is 26.4. The third-order valence-corrected chi connectivity index (χ3v) is 6.54. The molecule has 0 aliphatic heterocycles. The zero-order valence-corrected chi connectivity index (χ0v) is 22.2. The van der Waals surface area contributed by atoms with Gasteiger partial charge in [-0.2, -0.15) is 0 Å². The Morgan fingerprint density at radius 2 is 1.62 bits per heavy atom. The number of para-hydroxylation sites is 3. The maximum atomic E-state index is 14.2. The number of aromatic nitrogens is 3. The molecule has 5 rings (SSSR count). The van der Waals surface area contributed by atoms with Crippen molar-refractivity contribution in [1.82, 2.24) is 20.3 Å². The lowest BCUT2D eigenvalue weighted by Crippen LogP contribution is -2.45. The van der Waals surface area contributed by atoms with Crippen molar-refractivity contribution in [2.75, 3.05) is 19.1 Å². The Bertz CT molecular complexity index is 1620. The molecule has 0 saturated carbocycles. The average molecular weight is 536 g/mol. The number of nitrogens with one attached hydrogen (secondary N) is 1.